The van der Waals surface area contributed by atoms with Crippen molar-refractivity contribution >= 4 is 11.6 Å². The molecule has 0 N–H and O–H groups in total. The number of carbonyl (C=O) groups excluding carboxylic acids is 1. The molecule has 35 heavy (non-hydrogen) atoms. The molecule has 1 fully saturated rings. The van der Waals surface area contributed by atoms with Gasteiger partial charge in [-0.05, 0) is 78.9 Å². The lowest BCUT2D eigenvalue weighted by Crippen LogP contribution is -2.49. The number of nitrogens with zero attached hydrogens (tertiary/aromatic N) is 4. The van der Waals surface area contributed by atoms with Gasteiger partial charge in [-0.15, -0.1) is 0 Å². The second kappa shape index (κ2) is 9.58. The Morgan fingerprint density at radius 3 is 1.97 bits per heavy atom. The van der Waals surface area contributed by atoms with Crippen molar-refractivity contribution in [3.63, 3.8) is 0 Å². The fraction of sp³-hybridized carbons (Fsp3) is 0.185. The largest absolute Gasteiger partial charge is 0.497 e. The molecule has 1 aliphatic heterocycles. The summed E-state index contributed by atoms with van der Waals surface area (Å²) in [7, 11) is 1.64. The highest BCUT2D eigenvalue weighted by atomic mass is 19.1. The second-order valence-electron chi connectivity index (χ2n) is 8.29. The molecule has 3 aromatic carbocycles. The maximum Gasteiger partial charge on any atom is 0.272 e. The molecule has 1 saturated heterocycles. The molecule has 1 amide bonds. The maximum atomic E-state index is 13.6. The van der Waals surface area contributed by atoms with Crippen LogP contribution >= 0.6 is 0 Å². The molecule has 0 aliphatic carbocycles. The molecule has 1 aliphatic rings. The molecule has 0 radical (unpaired) electrons. The second-order valence-corrected chi connectivity index (χ2v) is 8.29. The van der Waals surface area contributed by atoms with Gasteiger partial charge in [-0.2, -0.15) is 5.10 Å². The van der Waals surface area contributed by atoms with Crippen molar-refractivity contribution in [2.24, 2.45) is 0 Å². The van der Waals surface area contributed by atoms with Crippen molar-refractivity contribution in [2.45, 2.75) is 0 Å². The van der Waals surface area contributed by atoms with Gasteiger partial charge < -0.3 is 14.5 Å². The Labute approximate surface area is 202 Å². The van der Waals surface area contributed by atoms with E-state index in [2.05, 4.69) is 10.00 Å². The molecule has 0 spiro atoms. The number of aromatic nitrogens is 2. The Morgan fingerprint density at radius 1 is 0.800 bits per heavy atom. The first kappa shape index (κ1) is 22.6. The summed E-state index contributed by atoms with van der Waals surface area (Å²) in [6, 6.07) is 21.3. The summed E-state index contributed by atoms with van der Waals surface area (Å²) in [5.74, 6) is -0.0851. The van der Waals surface area contributed by atoms with E-state index in [0.29, 0.717) is 48.8 Å². The van der Waals surface area contributed by atoms with Gasteiger partial charge in [0.25, 0.3) is 5.91 Å². The van der Waals surface area contributed by atoms with E-state index in [1.54, 1.807) is 42.3 Å². The van der Waals surface area contributed by atoms with Gasteiger partial charge in [0.05, 0.1) is 18.5 Å². The van der Waals surface area contributed by atoms with Crippen LogP contribution < -0.4 is 9.64 Å². The van der Waals surface area contributed by atoms with E-state index in [0.717, 1.165) is 11.4 Å². The molecule has 2 heterocycles. The molecule has 0 unspecified atom stereocenters. The van der Waals surface area contributed by atoms with Crippen molar-refractivity contribution in [3.8, 4) is 22.7 Å². The highest BCUT2D eigenvalue weighted by Crippen LogP contribution is 2.25. The average Bonchev–Trinajstić information content (AvgIpc) is 3.35. The van der Waals surface area contributed by atoms with Crippen molar-refractivity contribution < 1.29 is 18.3 Å². The summed E-state index contributed by atoms with van der Waals surface area (Å²) in [5.41, 5.74) is 3.24. The highest BCUT2D eigenvalue weighted by Gasteiger charge is 2.26. The monoisotopic (exact) mass is 474 g/mol. The van der Waals surface area contributed by atoms with Crippen molar-refractivity contribution in [1.82, 2.24) is 14.7 Å². The van der Waals surface area contributed by atoms with Crippen molar-refractivity contribution in [3.05, 3.63) is 96.2 Å². The summed E-state index contributed by atoms with van der Waals surface area (Å²) < 4.78 is 33.7. The molecule has 4 aromatic rings. The molecule has 1 aromatic heterocycles. The predicted molar refractivity (Wildman–Crippen MR) is 130 cm³/mol. The summed E-state index contributed by atoms with van der Waals surface area (Å²) in [6.45, 7) is 2.47. The van der Waals surface area contributed by atoms with Crippen LogP contribution in [0.1, 0.15) is 10.5 Å². The molecule has 178 valence electrons. The van der Waals surface area contributed by atoms with Gasteiger partial charge in [0.1, 0.15) is 23.1 Å². The Kier molecular flexibility index (Phi) is 6.18. The fourth-order valence-electron chi connectivity index (χ4n) is 4.20. The molecule has 8 heteroatoms. The first-order valence-electron chi connectivity index (χ1n) is 11.3. The topological polar surface area (TPSA) is 50.6 Å². The van der Waals surface area contributed by atoms with E-state index in [4.69, 9.17) is 4.74 Å². The van der Waals surface area contributed by atoms with Crippen LogP contribution in [0.4, 0.5) is 14.5 Å². The van der Waals surface area contributed by atoms with Crippen LogP contribution in [-0.2, 0) is 0 Å². The minimum Gasteiger partial charge on any atom is -0.497 e. The third kappa shape index (κ3) is 4.73. The van der Waals surface area contributed by atoms with Gasteiger partial charge in [0.15, 0.2) is 0 Å². The number of amides is 1. The van der Waals surface area contributed by atoms with Crippen LogP contribution in [-0.4, -0.2) is 53.9 Å². The Balaban J connectivity index is 1.40. The molecule has 6 nitrogen and oxygen atoms in total. The minimum atomic E-state index is -0.373. The molecule has 0 saturated carbocycles. The number of piperazine rings is 1. The SMILES string of the molecule is COc1ccc(N2CCN(C(=O)c3cc(-c4ccc(F)cc4)nn3-c3ccc(F)cc3)CC2)cc1. The molecular formula is C27H24F2N4O2. The first-order chi connectivity index (χ1) is 17.0. The summed E-state index contributed by atoms with van der Waals surface area (Å²) in [5, 5.41) is 4.61. The van der Waals surface area contributed by atoms with E-state index in [-0.39, 0.29) is 17.5 Å². The number of rotatable bonds is 5. The van der Waals surface area contributed by atoms with Gasteiger partial charge in [0.2, 0.25) is 0 Å². The van der Waals surface area contributed by atoms with Crippen LogP contribution in [0.5, 0.6) is 5.75 Å². The zero-order chi connectivity index (χ0) is 24.4. The maximum absolute atomic E-state index is 13.6. The molecule has 0 atom stereocenters. The van der Waals surface area contributed by atoms with E-state index in [1.807, 2.05) is 24.3 Å². The van der Waals surface area contributed by atoms with Gasteiger partial charge in [-0.1, -0.05) is 0 Å². The van der Waals surface area contributed by atoms with Gasteiger partial charge >= 0.3 is 0 Å². The number of ether oxygens (including phenoxy) is 1. The first-order valence-corrected chi connectivity index (χ1v) is 11.3. The lowest BCUT2D eigenvalue weighted by molar-refractivity contribution is 0.0737. The van der Waals surface area contributed by atoms with Crippen LogP contribution in [0.3, 0.4) is 0 Å². The zero-order valence-electron chi connectivity index (χ0n) is 19.2. The zero-order valence-corrected chi connectivity index (χ0v) is 19.2. The van der Waals surface area contributed by atoms with Gasteiger partial charge in [-0.25, -0.2) is 13.5 Å². The van der Waals surface area contributed by atoms with Gasteiger partial charge in [-0.3, -0.25) is 4.79 Å². The fourth-order valence-corrected chi connectivity index (χ4v) is 4.20. The molecular weight excluding hydrogens is 450 g/mol. The summed E-state index contributed by atoms with van der Waals surface area (Å²) >= 11 is 0. The third-order valence-electron chi connectivity index (χ3n) is 6.14. The number of hydrogen-bond acceptors (Lipinski definition) is 4. The van der Waals surface area contributed by atoms with Crippen LogP contribution in [0.25, 0.3) is 16.9 Å². The van der Waals surface area contributed by atoms with Crippen LogP contribution in [0.15, 0.2) is 78.9 Å². The third-order valence-corrected chi connectivity index (χ3v) is 6.14. The number of halogens is 2. The number of anilines is 1. The summed E-state index contributed by atoms with van der Waals surface area (Å²) in [6.07, 6.45) is 0. The smallest absolute Gasteiger partial charge is 0.272 e. The van der Waals surface area contributed by atoms with E-state index >= 15 is 0 Å². The average molecular weight is 475 g/mol. The standard InChI is InChI=1S/C27H24F2N4O2/c1-35-24-12-10-22(11-13-24)31-14-16-32(17-15-31)27(34)26-18-25(19-2-4-20(28)5-3-19)30-33(26)23-8-6-21(29)7-9-23/h2-13,18H,14-17H2,1H3. The number of hydrogen-bond donors (Lipinski definition) is 0. The van der Waals surface area contributed by atoms with E-state index < -0.39 is 0 Å². The number of benzene rings is 3. The number of methoxy groups -OCH3 is 1. The predicted octanol–water partition coefficient (Wildman–Crippen LogP) is 4.79. The lowest BCUT2D eigenvalue weighted by atomic mass is 10.1. The Hall–Kier alpha value is -4.20. The van der Waals surface area contributed by atoms with Crippen LogP contribution in [0.2, 0.25) is 0 Å². The Bertz CT molecular complexity index is 1310. The highest BCUT2D eigenvalue weighted by molar-refractivity contribution is 5.94. The van der Waals surface area contributed by atoms with E-state index in [9.17, 15) is 13.6 Å². The molecule has 0 bridgehead atoms. The van der Waals surface area contributed by atoms with Crippen molar-refractivity contribution in [2.75, 3.05) is 38.2 Å². The van der Waals surface area contributed by atoms with Crippen LogP contribution in [0, 0.1) is 11.6 Å². The Morgan fingerprint density at radius 2 is 1.37 bits per heavy atom. The normalized spacial score (nSPS) is 13.7. The number of carbonyl (C=O) groups is 1. The van der Waals surface area contributed by atoms with Crippen molar-refractivity contribution in [1.29, 1.82) is 0 Å². The lowest BCUT2D eigenvalue weighted by Gasteiger charge is -2.36. The van der Waals surface area contributed by atoms with Gasteiger partial charge in [0, 0.05) is 37.4 Å². The molecule has 5 rings (SSSR count). The quantitative estimate of drug-likeness (QED) is 0.418. The van der Waals surface area contributed by atoms with E-state index in [1.165, 1.54) is 28.9 Å². The minimum absolute atomic E-state index is 0.162. The summed E-state index contributed by atoms with van der Waals surface area (Å²) in [4.78, 5) is 17.6.